The lowest BCUT2D eigenvalue weighted by Gasteiger charge is -2.08. The van der Waals surface area contributed by atoms with Gasteiger partial charge in [-0.1, -0.05) is 6.07 Å². The molecule has 0 spiro atoms. The lowest BCUT2D eigenvalue weighted by atomic mass is 10.2. The fraction of sp³-hybridized carbons (Fsp3) is 0.0769. The van der Waals surface area contributed by atoms with E-state index >= 15 is 0 Å². The van der Waals surface area contributed by atoms with Crippen LogP contribution in [0, 0.1) is 0 Å². The van der Waals surface area contributed by atoms with Gasteiger partial charge in [0, 0.05) is 18.0 Å². The number of hydrogen-bond donors (Lipinski definition) is 2. The van der Waals surface area contributed by atoms with Crippen molar-refractivity contribution < 1.29 is 9.53 Å². The molecule has 1 heterocycles. The molecule has 0 bridgehead atoms. The number of pyridine rings is 1. The van der Waals surface area contributed by atoms with E-state index in [0.717, 1.165) is 0 Å². The van der Waals surface area contributed by atoms with Crippen LogP contribution in [0.2, 0.25) is 0 Å². The zero-order valence-electron chi connectivity index (χ0n) is 9.88. The van der Waals surface area contributed by atoms with Gasteiger partial charge >= 0.3 is 0 Å². The molecule has 92 valence electrons. The summed E-state index contributed by atoms with van der Waals surface area (Å²) in [5.41, 5.74) is 7.18. The molecule has 0 aliphatic heterocycles. The third kappa shape index (κ3) is 2.57. The third-order valence-electron chi connectivity index (χ3n) is 2.39. The average molecular weight is 243 g/mol. The maximum atomic E-state index is 11.9. The number of rotatable bonds is 3. The second kappa shape index (κ2) is 5.18. The molecule has 0 fully saturated rings. The molecule has 0 radical (unpaired) electrons. The molecule has 5 nitrogen and oxygen atoms in total. The van der Waals surface area contributed by atoms with Crippen LogP contribution in [0.3, 0.4) is 0 Å². The van der Waals surface area contributed by atoms with Gasteiger partial charge in [-0.3, -0.25) is 9.78 Å². The van der Waals surface area contributed by atoms with Crippen LogP contribution >= 0.6 is 0 Å². The van der Waals surface area contributed by atoms with E-state index in [1.54, 1.807) is 42.6 Å². The molecule has 18 heavy (non-hydrogen) atoms. The van der Waals surface area contributed by atoms with Crippen molar-refractivity contribution in [1.82, 2.24) is 4.98 Å². The Hall–Kier alpha value is -2.56. The van der Waals surface area contributed by atoms with Gasteiger partial charge in [0.2, 0.25) is 0 Å². The molecule has 1 amide bonds. The highest BCUT2D eigenvalue weighted by Gasteiger charge is 2.08. The largest absolute Gasteiger partial charge is 0.495 e. The number of nitrogens with two attached hydrogens (primary N) is 1. The van der Waals surface area contributed by atoms with E-state index in [1.807, 2.05) is 0 Å². The number of methoxy groups -OCH3 is 1. The molecular weight excluding hydrogens is 230 g/mol. The zero-order chi connectivity index (χ0) is 13.0. The Labute approximate surface area is 105 Å². The van der Waals surface area contributed by atoms with Gasteiger partial charge in [0.05, 0.1) is 12.8 Å². The molecule has 1 aromatic carbocycles. The number of anilines is 2. The summed E-state index contributed by atoms with van der Waals surface area (Å²) in [4.78, 5) is 15.8. The highest BCUT2D eigenvalue weighted by Crippen LogP contribution is 2.25. The van der Waals surface area contributed by atoms with E-state index in [0.29, 0.717) is 22.8 Å². The summed E-state index contributed by atoms with van der Waals surface area (Å²) in [5.74, 6) is 0.247. The Morgan fingerprint density at radius 3 is 2.83 bits per heavy atom. The van der Waals surface area contributed by atoms with Crippen molar-refractivity contribution in [3.63, 3.8) is 0 Å². The van der Waals surface area contributed by atoms with Gasteiger partial charge in [0.15, 0.2) is 0 Å². The number of ether oxygens (including phenoxy) is 1. The zero-order valence-corrected chi connectivity index (χ0v) is 9.88. The van der Waals surface area contributed by atoms with Crippen LogP contribution in [0.15, 0.2) is 42.6 Å². The minimum Gasteiger partial charge on any atom is -0.495 e. The molecule has 0 saturated heterocycles. The summed E-state index contributed by atoms with van der Waals surface area (Å²) >= 11 is 0. The van der Waals surface area contributed by atoms with Gasteiger partial charge in [0.1, 0.15) is 11.4 Å². The quantitative estimate of drug-likeness (QED) is 0.807. The number of benzene rings is 1. The highest BCUT2D eigenvalue weighted by molar-refractivity contribution is 6.03. The summed E-state index contributed by atoms with van der Waals surface area (Å²) in [6.45, 7) is 0. The molecule has 0 unspecified atom stereocenters. The highest BCUT2D eigenvalue weighted by atomic mass is 16.5. The third-order valence-corrected chi connectivity index (χ3v) is 2.39. The second-order valence-electron chi connectivity index (χ2n) is 3.63. The smallest absolute Gasteiger partial charge is 0.274 e. The van der Waals surface area contributed by atoms with E-state index in [-0.39, 0.29) is 5.91 Å². The Bertz CT molecular complexity index is 555. The number of nitrogen functional groups attached to an aromatic ring is 1. The van der Waals surface area contributed by atoms with E-state index in [2.05, 4.69) is 10.3 Å². The van der Waals surface area contributed by atoms with Crippen molar-refractivity contribution in [2.24, 2.45) is 0 Å². The van der Waals surface area contributed by atoms with E-state index in [9.17, 15) is 4.79 Å². The van der Waals surface area contributed by atoms with Crippen molar-refractivity contribution in [2.75, 3.05) is 18.2 Å². The van der Waals surface area contributed by atoms with Gasteiger partial charge in [-0.15, -0.1) is 0 Å². The molecule has 3 N–H and O–H groups in total. The fourth-order valence-corrected chi connectivity index (χ4v) is 1.48. The van der Waals surface area contributed by atoms with Gasteiger partial charge < -0.3 is 15.8 Å². The Morgan fingerprint density at radius 2 is 2.17 bits per heavy atom. The van der Waals surface area contributed by atoms with Crippen molar-refractivity contribution in [3.8, 4) is 5.75 Å². The Balaban J connectivity index is 2.17. The molecule has 5 heteroatoms. The minimum atomic E-state index is -0.276. The molecule has 0 aliphatic carbocycles. The van der Waals surface area contributed by atoms with Crippen molar-refractivity contribution in [1.29, 1.82) is 0 Å². The molecule has 0 saturated carbocycles. The van der Waals surface area contributed by atoms with Crippen LogP contribution in [-0.4, -0.2) is 18.0 Å². The second-order valence-corrected chi connectivity index (χ2v) is 3.63. The van der Waals surface area contributed by atoms with Gasteiger partial charge in [-0.25, -0.2) is 0 Å². The molecule has 2 aromatic rings. The van der Waals surface area contributed by atoms with Crippen molar-refractivity contribution in [3.05, 3.63) is 48.3 Å². The topological polar surface area (TPSA) is 77.2 Å². The van der Waals surface area contributed by atoms with Gasteiger partial charge in [-0.2, -0.15) is 0 Å². The number of carbonyl (C=O) groups is 1. The molecular formula is C13H13N3O2. The number of aromatic nitrogens is 1. The van der Waals surface area contributed by atoms with Crippen LogP contribution in [0.5, 0.6) is 5.75 Å². The van der Waals surface area contributed by atoms with Crippen LogP contribution in [0.25, 0.3) is 0 Å². The summed E-state index contributed by atoms with van der Waals surface area (Å²) < 4.78 is 5.08. The van der Waals surface area contributed by atoms with E-state index in [4.69, 9.17) is 10.5 Å². The first-order chi connectivity index (χ1) is 8.70. The number of nitrogens with one attached hydrogen (secondary N) is 1. The Kier molecular flexibility index (Phi) is 3.43. The lowest BCUT2D eigenvalue weighted by Crippen LogP contribution is -2.13. The molecule has 0 atom stereocenters. The maximum Gasteiger partial charge on any atom is 0.274 e. The van der Waals surface area contributed by atoms with Crippen molar-refractivity contribution >= 4 is 17.3 Å². The predicted molar refractivity (Wildman–Crippen MR) is 69.6 cm³/mol. The molecule has 2 rings (SSSR count). The summed E-state index contributed by atoms with van der Waals surface area (Å²) in [6.07, 6.45) is 1.57. The van der Waals surface area contributed by atoms with E-state index in [1.165, 1.54) is 7.11 Å². The summed E-state index contributed by atoms with van der Waals surface area (Å²) in [7, 11) is 1.52. The molecule has 0 aliphatic rings. The summed E-state index contributed by atoms with van der Waals surface area (Å²) in [5, 5.41) is 2.72. The maximum absolute atomic E-state index is 11.9. The van der Waals surface area contributed by atoms with E-state index < -0.39 is 0 Å². The average Bonchev–Trinajstić information content (AvgIpc) is 2.42. The SMILES string of the molecule is COc1cc(NC(=O)c2ccccn2)ccc1N. The predicted octanol–water partition coefficient (Wildman–Crippen LogP) is 1.92. The van der Waals surface area contributed by atoms with Crippen molar-refractivity contribution in [2.45, 2.75) is 0 Å². The van der Waals surface area contributed by atoms with Gasteiger partial charge in [-0.05, 0) is 24.3 Å². The first kappa shape index (κ1) is 11.9. The van der Waals surface area contributed by atoms with Crippen LogP contribution in [0.4, 0.5) is 11.4 Å². The minimum absolute atomic E-state index is 0.276. The number of nitrogens with zero attached hydrogens (tertiary/aromatic N) is 1. The van der Waals surface area contributed by atoms with Crippen LogP contribution in [0.1, 0.15) is 10.5 Å². The number of amides is 1. The first-order valence-corrected chi connectivity index (χ1v) is 5.36. The first-order valence-electron chi connectivity index (χ1n) is 5.36. The number of carbonyl (C=O) groups excluding carboxylic acids is 1. The fourth-order valence-electron chi connectivity index (χ4n) is 1.48. The number of hydrogen-bond acceptors (Lipinski definition) is 4. The normalized spacial score (nSPS) is 9.83. The Morgan fingerprint density at radius 1 is 1.33 bits per heavy atom. The molecule has 1 aromatic heterocycles. The van der Waals surface area contributed by atoms with Crippen LogP contribution in [-0.2, 0) is 0 Å². The standard InChI is InChI=1S/C13H13N3O2/c1-18-12-8-9(5-6-10(12)14)16-13(17)11-4-2-3-7-15-11/h2-8H,14H2,1H3,(H,16,17). The lowest BCUT2D eigenvalue weighted by molar-refractivity contribution is 0.102. The monoisotopic (exact) mass is 243 g/mol. The van der Waals surface area contributed by atoms with Gasteiger partial charge in [0.25, 0.3) is 5.91 Å². The summed E-state index contributed by atoms with van der Waals surface area (Å²) in [6, 6.07) is 10.2. The van der Waals surface area contributed by atoms with Crippen LogP contribution < -0.4 is 15.8 Å².